The summed E-state index contributed by atoms with van der Waals surface area (Å²) in [6.07, 6.45) is 0.762. The highest BCUT2D eigenvalue weighted by molar-refractivity contribution is 5.94. The second-order valence-corrected chi connectivity index (χ2v) is 4.34. The molecule has 0 unspecified atom stereocenters. The van der Waals surface area contributed by atoms with E-state index >= 15 is 0 Å². The molecule has 0 heterocycles. The minimum Gasteiger partial charge on any atom is -0.496 e. The van der Waals surface area contributed by atoms with Crippen LogP contribution in [0.25, 0.3) is 0 Å². The van der Waals surface area contributed by atoms with Gasteiger partial charge in [0.1, 0.15) is 5.75 Å². The highest BCUT2D eigenvalue weighted by atomic mass is 16.5. The molecule has 104 valence electrons. The zero-order valence-electron chi connectivity index (χ0n) is 11.3. The van der Waals surface area contributed by atoms with Gasteiger partial charge in [0.2, 0.25) is 0 Å². The van der Waals surface area contributed by atoms with E-state index in [1.807, 2.05) is 30.3 Å². The lowest BCUT2D eigenvalue weighted by atomic mass is 10.1. The van der Waals surface area contributed by atoms with Crippen LogP contribution >= 0.6 is 0 Å². The Kier molecular flexibility index (Phi) is 4.60. The molecule has 0 bridgehead atoms. The van der Waals surface area contributed by atoms with Gasteiger partial charge in [0.15, 0.2) is 0 Å². The van der Waals surface area contributed by atoms with Crippen molar-refractivity contribution in [1.29, 1.82) is 0 Å². The lowest BCUT2D eigenvalue weighted by Gasteiger charge is -2.11. The van der Waals surface area contributed by atoms with Gasteiger partial charge in [-0.1, -0.05) is 30.3 Å². The Labute approximate surface area is 118 Å². The fourth-order valence-corrected chi connectivity index (χ4v) is 2.07. The number of nitrogens with one attached hydrogen (secondary N) is 1. The molecule has 4 nitrogen and oxygen atoms in total. The van der Waals surface area contributed by atoms with Crippen molar-refractivity contribution in [3.63, 3.8) is 0 Å². The molecule has 0 amide bonds. The van der Waals surface area contributed by atoms with Gasteiger partial charge in [0.25, 0.3) is 0 Å². The summed E-state index contributed by atoms with van der Waals surface area (Å²) in [5, 5.41) is 12.3. The number of para-hydroxylation sites is 2. The third-order valence-corrected chi connectivity index (χ3v) is 3.06. The Morgan fingerprint density at radius 2 is 1.85 bits per heavy atom. The molecule has 2 N–H and O–H groups in total. The molecule has 0 aliphatic heterocycles. The lowest BCUT2D eigenvalue weighted by Crippen LogP contribution is -2.09. The molecule has 0 saturated carbocycles. The van der Waals surface area contributed by atoms with E-state index in [0.29, 0.717) is 12.2 Å². The van der Waals surface area contributed by atoms with E-state index in [4.69, 9.17) is 9.84 Å². The fraction of sp³-hybridized carbons (Fsp3) is 0.188. The van der Waals surface area contributed by atoms with Crippen LogP contribution in [0.3, 0.4) is 0 Å². The third kappa shape index (κ3) is 3.29. The molecule has 0 fully saturated rings. The minimum absolute atomic E-state index is 0.285. The Balaban J connectivity index is 2.01. The summed E-state index contributed by atoms with van der Waals surface area (Å²) in [6, 6.07) is 14.7. The van der Waals surface area contributed by atoms with Crippen LogP contribution in [0.5, 0.6) is 5.75 Å². The number of carboxylic acids is 1. The molecule has 2 aromatic rings. The minimum atomic E-state index is -0.926. The van der Waals surface area contributed by atoms with Crippen molar-refractivity contribution >= 4 is 11.7 Å². The maximum absolute atomic E-state index is 11.1. The number of ether oxygens (including phenoxy) is 1. The number of rotatable bonds is 6. The molecule has 2 rings (SSSR count). The van der Waals surface area contributed by atoms with Crippen molar-refractivity contribution in [3.8, 4) is 5.75 Å². The second-order valence-electron chi connectivity index (χ2n) is 4.34. The second kappa shape index (κ2) is 6.61. The SMILES string of the molecule is COc1ccccc1CCNc1ccccc1C(=O)O. The number of benzene rings is 2. The molecule has 0 saturated heterocycles. The van der Waals surface area contributed by atoms with Gasteiger partial charge < -0.3 is 15.2 Å². The third-order valence-electron chi connectivity index (χ3n) is 3.06. The Morgan fingerprint density at radius 3 is 2.60 bits per heavy atom. The molecule has 0 aliphatic carbocycles. The van der Waals surface area contributed by atoms with Gasteiger partial charge in [0.05, 0.1) is 12.7 Å². The fourth-order valence-electron chi connectivity index (χ4n) is 2.07. The molecule has 0 aliphatic rings. The van der Waals surface area contributed by atoms with Crippen LogP contribution < -0.4 is 10.1 Å². The maximum Gasteiger partial charge on any atom is 0.337 e. The van der Waals surface area contributed by atoms with Crippen LogP contribution in [-0.4, -0.2) is 24.7 Å². The summed E-state index contributed by atoms with van der Waals surface area (Å²) >= 11 is 0. The topological polar surface area (TPSA) is 58.6 Å². The van der Waals surface area contributed by atoms with Crippen LogP contribution in [0.1, 0.15) is 15.9 Å². The van der Waals surface area contributed by atoms with E-state index in [0.717, 1.165) is 17.7 Å². The Morgan fingerprint density at radius 1 is 1.15 bits per heavy atom. The molecule has 0 spiro atoms. The Bertz CT molecular complexity index is 596. The quantitative estimate of drug-likeness (QED) is 0.847. The number of anilines is 1. The van der Waals surface area contributed by atoms with Gasteiger partial charge >= 0.3 is 5.97 Å². The van der Waals surface area contributed by atoms with Gasteiger partial charge in [-0.2, -0.15) is 0 Å². The lowest BCUT2D eigenvalue weighted by molar-refractivity contribution is 0.0698. The standard InChI is InChI=1S/C16H17NO3/c1-20-15-9-5-2-6-12(15)10-11-17-14-8-4-3-7-13(14)16(18)19/h2-9,17H,10-11H2,1H3,(H,18,19). The molecule has 4 heteroatoms. The van der Waals surface area contributed by atoms with Gasteiger partial charge in [-0.25, -0.2) is 4.79 Å². The zero-order chi connectivity index (χ0) is 14.4. The molecule has 0 radical (unpaired) electrons. The largest absolute Gasteiger partial charge is 0.496 e. The van der Waals surface area contributed by atoms with E-state index in [1.165, 1.54) is 0 Å². The predicted molar refractivity (Wildman–Crippen MR) is 78.6 cm³/mol. The Hall–Kier alpha value is -2.49. The van der Waals surface area contributed by atoms with E-state index in [2.05, 4.69) is 5.32 Å². The summed E-state index contributed by atoms with van der Waals surface area (Å²) in [5.74, 6) is -0.0776. The average molecular weight is 271 g/mol. The van der Waals surface area contributed by atoms with E-state index < -0.39 is 5.97 Å². The van der Waals surface area contributed by atoms with Gasteiger partial charge in [-0.05, 0) is 30.2 Å². The molecular formula is C16H17NO3. The highest BCUT2D eigenvalue weighted by Gasteiger charge is 2.08. The van der Waals surface area contributed by atoms with Gasteiger partial charge in [-0.15, -0.1) is 0 Å². The number of carbonyl (C=O) groups is 1. The van der Waals surface area contributed by atoms with Gasteiger partial charge in [-0.3, -0.25) is 0 Å². The zero-order valence-corrected chi connectivity index (χ0v) is 11.3. The van der Waals surface area contributed by atoms with Gasteiger partial charge in [0, 0.05) is 12.2 Å². The van der Waals surface area contributed by atoms with Crippen molar-refractivity contribution in [1.82, 2.24) is 0 Å². The maximum atomic E-state index is 11.1. The smallest absolute Gasteiger partial charge is 0.337 e. The summed E-state index contributed by atoms with van der Waals surface area (Å²) in [7, 11) is 1.64. The number of hydrogen-bond acceptors (Lipinski definition) is 3. The number of methoxy groups -OCH3 is 1. The van der Waals surface area contributed by atoms with Crippen molar-refractivity contribution in [2.75, 3.05) is 19.0 Å². The van der Waals surface area contributed by atoms with E-state index in [1.54, 1.807) is 25.3 Å². The van der Waals surface area contributed by atoms with Crippen LogP contribution in [0.4, 0.5) is 5.69 Å². The first kappa shape index (κ1) is 13.9. The highest BCUT2D eigenvalue weighted by Crippen LogP contribution is 2.19. The van der Waals surface area contributed by atoms with Crippen LogP contribution in [0.2, 0.25) is 0 Å². The first-order valence-corrected chi connectivity index (χ1v) is 6.40. The first-order chi connectivity index (χ1) is 9.72. The average Bonchev–Trinajstić information content (AvgIpc) is 2.48. The molecule has 20 heavy (non-hydrogen) atoms. The van der Waals surface area contributed by atoms with Crippen molar-refractivity contribution < 1.29 is 14.6 Å². The van der Waals surface area contributed by atoms with E-state index in [-0.39, 0.29) is 5.56 Å². The summed E-state index contributed by atoms with van der Waals surface area (Å²) in [5.41, 5.74) is 2.01. The summed E-state index contributed by atoms with van der Waals surface area (Å²) in [4.78, 5) is 11.1. The summed E-state index contributed by atoms with van der Waals surface area (Å²) < 4.78 is 5.29. The van der Waals surface area contributed by atoms with Crippen LogP contribution in [-0.2, 0) is 6.42 Å². The monoisotopic (exact) mass is 271 g/mol. The van der Waals surface area contributed by atoms with Crippen LogP contribution in [0, 0.1) is 0 Å². The van der Waals surface area contributed by atoms with Crippen molar-refractivity contribution in [3.05, 3.63) is 59.7 Å². The number of aromatic carboxylic acids is 1. The summed E-state index contributed by atoms with van der Waals surface area (Å²) in [6.45, 7) is 0.644. The van der Waals surface area contributed by atoms with Crippen molar-refractivity contribution in [2.45, 2.75) is 6.42 Å². The molecule has 0 atom stereocenters. The van der Waals surface area contributed by atoms with E-state index in [9.17, 15) is 4.79 Å². The number of carboxylic acid groups (broad SMARTS) is 1. The first-order valence-electron chi connectivity index (χ1n) is 6.40. The predicted octanol–water partition coefficient (Wildman–Crippen LogP) is 3.05. The number of hydrogen-bond donors (Lipinski definition) is 2. The van der Waals surface area contributed by atoms with Crippen molar-refractivity contribution in [2.24, 2.45) is 0 Å². The molecule has 0 aromatic heterocycles. The molecule has 2 aromatic carbocycles. The van der Waals surface area contributed by atoms with Crippen LogP contribution in [0.15, 0.2) is 48.5 Å². The normalized spacial score (nSPS) is 10.1. The molecular weight excluding hydrogens is 254 g/mol.